The van der Waals surface area contributed by atoms with Gasteiger partial charge in [-0.1, -0.05) is 20.8 Å². The van der Waals surface area contributed by atoms with Crippen LogP contribution in [0.1, 0.15) is 32.9 Å². The minimum atomic E-state index is -4.41. The van der Waals surface area contributed by atoms with Gasteiger partial charge in [-0.3, -0.25) is 4.79 Å². The van der Waals surface area contributed by atoms with Gasteiger partial charge < -0.3 is 10.3 Å². The molecule has 1 amide bonds. The molecule has 6 heteroatoms. The van der Waals surface area contributed by atoms with E-state index in [2.05, 4.69) is 10.3 Å². The predicted molar refractivity (Wildman–Crippen MR) is 76.0 cm³/mol. The average molecular weight is 298 g/mol. The van der Waals surface area contributed by atoms with E-state index >= 15 is 0 Å². The normalized spacial score (nSPS) is 12.7. The molecule has 2 rings (SSSR count). The lowest BCUT2D eigenvalue weighted by Crippen LogP contribution is -2.19. The Hall–Kier alpha value is -1.98. The third-order valence-electron chi connectivity index (χ3n) is 2.90. The molecule has 1 aromatic heterocycles. The van der Waals surface area contributed by atoms with E-state index in [1.165, 1.54) is 12.1 Å². The molecule has 0 radical (unpaired) electrons. The SMILES string of the molecule is CC(C)(C)CC(=O)Nc1ccc2[nH]c(C(F)(F)F)cc2c1. The van der Waals surface area contributed by atoms with Crippen LogP contribution in [0.4, 0.5) is 18.9 Å². The Morgan fingerprint density at radius 2 is 1.86 bits per heavy atom. The average Bonchev–Trinajstić information content (AvgIpc) is 2.68. The summed E-state index contributed by atoms with van der Waals surface area (Å²) in [7, 11) is 0. The second-order valence-electron chi connectivity index (χ2n) is 6.27. The minimum absolute atomic E-state index is 0.147. The van der Waals surface area contributed by atoms with Crippen molar-refractivity contribution in [1.29, 1.82) is 0 Å². The first-order valence-corrected chi connectivity index (χ1v) is 6.54. The van der Waals surface area contributed by atoms with Crippen molar-refractivity contribution in [3.8, 4) is 0 Å². The number of rotatable bonds is 2. The third-order valence-corrected chi connectivity index (χ3v) is 2.90. The summed E-state index contributed by atoms with van der Waals surface area (Å²) in [5.41, 5.74) is -0.0672. The molecule has 1 aromatic carbocycles. The van der Waals surface area contributed by atoms with Gasteiger partial charge in [0.2, 0.25) is 5.91 Å². The summed E-state index contributed by atoms with van der Waals surface area (Å²) in [6.45, 7) is 5.83. The van der Waals surface area contributed by atoms with Crippen molar-refractivity contribution in [1.82, 2.24) is 4.98 Å². The zero-order valence-electron chi connectivity index (χ0n) is 12.1. The summed E-state index contributed by atoms with van der Waals surface area (Å²) in [5.74, 6) is -0.159. The number of nitrogens with one attached hydrogen (secondary N) is 2. The topological polar surface area (TPSA) is 44.9 Å². The second kappa shape index (κ2) is 5.09. The monoisotopic (exact) mass is 298 g/mol. The molecule has 3 nitrogen and oxygen atoms in total. The maximum absolute atomic E-state index is 12.6. The molecule has 0 aliphatic carbocycles. The first-order valence-electron chi connectivity index (χ1n) is 6.54. The Morgan fingerprint density at radius 3 is 2.43 bits per heavy atom. The summed E-state index contributed by atoms with van der Waals surface area (Å²) in [4.78, 5) is 14.1. The van der Waals surface area contributed by atoms with E-state index in [9.17, 15) is 18.0 Å². The molecule has 0 bridgehead atoms. The number of aromatic nitrogens is 1. The van der Waals surface area contributed by atoms with Gasteiger partial charge in [-0.25, -0.2) is 0 Å². The number of hydrogen-bond donors (Lipinski definition) is 2. The number of halogens is 3. The molecule has 2 aromatic rings. The lowest BCUT2D eigenvalue weighted by atomic mass is 9.92. The fourth-order valence-electron chi connectivity index (χ4n) is 2.05. The van der Waals surface area contributed by atoms with Crippen molar-refractivity contribution in [3.63, 3.8) is 0 Å². The molecule has 2 N–H and O–H groups in total. The largest absolute Gasteiger partial charge is 0.431 e. The van der Waals surface area contributed by atoms with Crippen molar-refractivity contribution < 1.29 is 18.0 Å². The first-order chi connectivity index (χ1) is 9.54. The van der Waals surface area contributed by atoms with Gasteiger partial charge in [-0.2, -0.15) is 13.2 Å². The van der Waals surface area contributed by atoms with Crippen LogP contribution in [0.5, 0.6) is 0 Å². The fraction of sp³-hybridized carbons (Fsp3) is 0.400. The highest BCUT2D eigenvalue weighted by Crippen LogP contribution is 2.32. The molecule has 0 aliphatic heterocycles. The van der Waals surface area contributed by atoms with Crippen LogP contribution < -0.4 is 5.32 Å². The number of benzene rings is 1. The zero-order valence-corrected chi connectivity index (χ0v) is 12.1. The number of alkyl halides is 3. The van der Waals surface area contributed by atoms with Crippen LogP contribution in [0, 0.1) is 5.41 Å². The number of carbonyl (C=O) groups excluding carboxylic acids is 1. The van der Waals surface area contributed by atoms with Crippen LogP contribution in [-0.4, -0.2) is 10.9 Å². The number of anilines is 1. The molecule has 0 saturated carbocycles. The van der Waals surface area contributed by atoms with E-state index < -0.39 is 11.9 Å². The van der Waals surface area contributed by atoms with Crippen molar-refractivity contribution >= 4 is 22.5 Å². The van der Waals surface area contributed by atoms with Gasteiger partial charge >= 0.3 is 6.18 Å². The summed E-state index contributed by atoms with van der Waals surface area (Å²) in [5, 5.41) is 3.12. The second-order valence-corrected chi connectivity index (χ2v) is 6.27. The van der Waals surface area contributed by atoms with Crippen LogP contribution in [0.15, 0.2) is 24.3 Å². The molecule has 114 valence electrons. The molecule has 21 heavy (non-hydrogen) atoms. The van der Waals surface area contributed by atoms with Gasteiger partial charge in [-0.15, -0.1) is 0 Å². The Labute approximate surface area is 120 Å². The summed E-state index contributed by atoms with van der Waals surface area (Å²) < 4.78 is 37.9. The van der Waals surface area contributed by atoms with Crippen LogP contribution in [0.25, 0.3) is 10.9 Å². The van der Waals surface area contributed by atoms with E-state index in [0.717, 1.165) is 6.07 Å². The maximum Gasteiger partial charge on any atom is 0.431 e. The van der Waals surface area contributed by atoms with E-state index in [4.69, 9.17) is 0 Å². The number of carbonyl (C=O) groups is 1. The van der Waals surface area contributed by atoms with Crippen LogP contribution in [0.2, 0.25) is 0 Å². The Kier molecular flexibility index (Phi) is 3.74. The summed E-state index contributed by atoms with van der Waals surface area (Å²) >= 11 is 0. The lowest BCUT2D eigenvalue weighted by Gasteiger charge is -2.17. The van der Waals surface area contributed by atoms with Gasteiger partial charge in [0.1, 0.15) is 5.69 Å². The molecule has 1 heterocycles. The van der Waals surface area contributed by atoms with Crippen LogP contribution >= 0.6 is 0 Å². The highest BCUT2D eigenvalue weighted by molar-refractivity contribution is 5.94. The standard InChI is InChI=1S/C15H17F3N2O/c1-14(2,3)8-13(21)19-10-4-5-11-9(6-10)7-12(20-11)15(16,17)18/h4-7,20H,8H2,1-3H3,(H,19,21). The number of H-pyrrole nitrogens is 1. The smallest absolute Gasteiger partial charge is 0.351 e. The van der Waals surface area contributed by atoms with Crippen molar-refractivity contribution in [2.45, 2.75) is 33.4 Å². The molecule has 0 spiro atoms. The number of amides is 1. The zero-order chi connectivity index (χ0) is 15.8. The summed E-state index contributed by atoms with van der Waals surface area (Å²) in [6.07, 6.45) is -4.07. The highest BCUT2D eigenvalue weighted by Gasteiger charge is 2.32. The first kappa shape index (κ1) is 15.4. The van der Waals surface area contributed by atoms with Gasteiger partial charge in [0.15, 0.2) is 0 Å². The third kappa shape index (κ3) is 4.00. The van der Waals surface area contributed by atoms with E-state index in [1.807, 2.05) is 20.8 Å². The molecule has 0 saturated heterocycles. The molecular weight excluding hydrogens is 281 g/mol. The van der Waals surface area contributed by atoms with Crippen molar-refractivity contribution in [3.05, 3.63) is 30.0 Å². The van der Waals surface area contributed by atoms with Gasteiger partial charge in [0.05, 0.1) is 0 Å². The molecule has 0 fully saturated rings. The van der Waals surface area contributed by atoms with Crippen LogP contribution in [-0.2, 0) is 11.0 Å². The molecule has 0 unspecified atom stereocenters. The van der Waals surface area contributed by atoms with Gasteiger partial charge in [0.25, 0.3) is 0 Å². The van der Waals surface area contributed by atoms with Crippen LogP contribution in [0.3, 0.4) is 0 Å². The fourth-order valence-corrected chi connectivity index (χ4v) is 2.05. The number of fused-ring (bicyclic) bond motifs is 1. The number of aromatic amines is 1. The summed E-state index contributed by atoms with van der Waals surface area (Å²) in [6, 6.07) is 5.67. The number of hydrogen-bond acceptors (Lipinski definition) is 1. The molecular formula is C15H17F3N2O. The van der Waals surface area contributed by atoms with E-state index in [0.29, 0.717) is 23.0 Å². The lowest BCUT2D eigenvalue weighted by molar-refractivity contribution is -0.140. The maximum atomic E-state index is 12.6. The molecule has 0 aliphatic rings. The van der Waals surface area contributed by atoms with Crippen molar-refractivity contribution in [2.24, 2.45) is 5.41 Å². The quantitative estimate of drug-likeness (QED) is 0.838. The van der Waals surface area contributed by atoms with Crippen molar-refractivity contribution in [2.75, 3.05) is 5.32 Å². The Balaban J connectivity index is 2.21. The van der Waals surface area contributed by atoms with E-state index in [-0.39, 0.29) is 11.3 Å². The minimum Gasteiger partial charge on any atom is -0.351 e. The van der Waals surface area contributed by atoms with Gasteiger partial charge in [-0.05, 0) is 29.7 Å². The van der Waals surface area contributed by atoms with E-state index in [1.54, 1.807) is 6.07 Å². The van der Waals surface area contributed by atoms with Gasteiger partial charge in [0, 0.05) is 23.0 Å². The Morgan fingerprint density at radius 1 is 1.19 bits per heavy atom. The highest BCUT2D eigenvalue weighted by atomic mass is 19.4. The Bertz CT molecular complexity index is 666. The molecule has 0 atom stereocenters. The predicted octanol–water partition coefficient (Wildman–Crippen LogP) is 4.56.